The largest absolute Gasteiger partial charge is 0.444 e. The van der Waals surface area contributed by atoms with Crippen LogP contribution < -0.4 is 10.2 Å². The summed E-state index contributed by atoms with van der Waals surface area (Å²) in [7, 11) is 0. The molecule has 0 saturated heterocycles. The number of fused-ring (bicyclic) bond motifs is 1. The maximum Gasteiger partial charge on any atom is 0.408 e. The van der Waals surface area contributed by atoms with Gasteiger partial charge in [-0.2, -0.15) is 0 Å². The molecule has 1 aliphatic rings. The second-order valence-electron chi connectivity index (χ2n) is 9.21. The van der Waals surface area contributed by atoms with Gasteiger partial charge in [-0.15, -0.1) is 0 Å². The van der Waals surface area contributed by atoms with Crippen molar-refractivity contribution in [3.05, 3.63) is 84.2 Å². The van der Waals surface area contributed by atoms with Gasteiger partial charge in [-0.1, -0.05) is 42.5 Å². The van der Waals surface area contributed by atoms with Crippen molar-refractivity contribution in [3.63, 3.8) is 0 Å². The molecule has 1 N–H and O–H groups in total. The van der Waals surface area contributed by atoms with Gasteiger partial charge in [0.25, 0.3) is 0 Å². The minimum Gasteiger partial charge on any atom is -0.444 e. The first kappa shape index (κ1) is 22.5. The molecule has 0 fully saturated rings. The summed E-state index contributed by atoms with van der Waals surface area (Å²) in [6.07, 6.45) is 4.08. The predicted octanol–water partition coefficient (Wildman–Crippen LogP) is 4.77. The van der Waals surface area contributed by atoms with Crippen LogP contribution in [0.15, 0.2) is 73.1 Å². The van der Waals surface area contributed by atoms with Crippen molar-refractivity contribution < 1.29 is 14.3 Å². The van der Waals surface area contributed by atoms with Crippen molar-refractivity contribution in [2.24, 2.45) is 0 Å². The summed E-state index contributed by atoms with van der Waals surface area (Å²) in [6, 6.07) is 19.0. The van der Waals surface area contributed by atoms with Crippen molar-refractivity contribution in [2.45, 2.75) is 45.3 Å². The van der Waals surface area contributed by atoms with Crippen molar-refractivity contribution in [1.82, 2.24) is 10.3 Å². The smallest absolute Gasteiger partial charge is 0.408 e. The number of anilines is 1. The molecular weight excluding hydrogens is 414 g/mol. The standard InChI is InChI=1S/C27H29N3O3/c1-27(2,3)33-26(32)29-23(17-19-7-5-4-6-8-19)25(31)30-16-13-21-9-10-22(18-24(21)30)20-11-14-28-15-12-20/h4-12,14-15,18,23H,13,16-17H2,1-3H3,(H,29,32)/t23-/m0/s1. The number of nitrogens with one attached hydrogen (secondary N) is 1. The SMILES string of the molecule is CC(C)(C)OC(=O)N[C@@H](Cc1ccccc1)C(=O)N1CCc2ccc(-c3ccncc3)cc21. The van der Waals surface area contributed by atoms with Crippen LogP contribution in [0, 0.1) is 0 Å². The highest BCUT2D eigenvalue weighted by Gasteiger charge is 2.32. The Kier molecular flexibility index (Phi) is 6.45. The van der Waals surface area contributed by atoms with Crippen LogP contribution >= 0.6 is 0 Å². The number of alkyl carbamates (subject to hydrolysis) is 1. The summed E-state index contributed by atoms with van der Waals surface area (Å²) < 4.78 is 5.44. The number of hydrogen-bond donors (Lipinski definition) is 1. The normalized spacial score (nSPS) is 13.8. The number of benzene rings is 2. The summed E-state index contributed by atoms with van der Waals surface area (Å²) in [6.45, 7) is 5.99. The second kappa shape index (κ2) is 9.45. The van der Waals surface area contributed by atoms with E-state index < -0.39 is 17.7 Å². The molecule has 0 aliphatic carbocycles. The molecule has 4 rings (SSSR count). The molecule has 2 aromatic carbocycles. The quantitative estimate of drug-likeness (QED) is 0.616. The van der Waals surface area contributed by atoms with Gasteiger partial charge in [0.2, 0.25) is 5.91 Å². The molecule has 6 heteroatoms. The highest BCUT2D eigenvalue weighted by atomic mass is 16.6. The van der Waals surface area contributed by atoms with Crippen molar-refractivity contribution in [1.29, 1.82) is 0 Å². The molecule has 0 spiro atoms. The summed E-state index contributed by atoms with van der Waals surface area (Å²) in [5, 5.41) is 2.82. The van der Waals surface area contributed by atoms with Gasteiger partial charge in [0.1, 0.15) is 11.6 Å². The molecule has 170 valence electrons. The monoisotopic (exact) mass is 443 g/mol. The Balaban J connectivity index is 1.61. The van der Waals surface area contributed by atoms with E-state index in [0.29, 0.717) is 13.0 Å². The van der Waals surface area contributed by atoms with Crippen LogP contribution in [0.1, 0.15) is 31.9 Å². The van der Waals surface area contributed by atoms with Gasteiger partial charge in [-0.05, 0) is 67.6 Å². The van der Waals surface area contributed by atoms with Crippen LogP contribution in [0.5, 0.6) is 0 Å². The van der Waals surface area contributed by atoms with E-state index in [1.165, 1.54) is 0 Å². The summed E-state index contributed by atoms with van der Waals surface area (Å²) in [4.78, 5) is 32.1. The number of ether oxygens (including phenoxy) is 1. The third-order valence-corrected chi connectivity index (χ3v) is 5.53. The highest BCUT2D eigenvalue weighted by Crippen LogP contribution is 2.33. The summed E-state index contributed by atoms with van der Waals surface area (Å²) in [5.41, 5.74) is 4.40. The fourth-order valence-electron chi connectivity index (χ4n) is 4.02. The minimum absolute atomic E-state index is 0.143. The van der Waals surface area contributed by atoms with Gasteiger partial charge in [0.15, 0.2) is 0 Å². The molecule has 1 atom stereocenters. The Hall–Kier alpha value is -3.67. The molecule has 1 aliphatic heterocycles. The zero-order valence-corrected chi connectivity index (χ0v) is 19.2. The van der Waals surface area contributed by atoms with Gasteiger partial charge in [-0.3, -0.25) is 9.78 Å². The van der Waals surface area contributed by atoms with E-state index in [4.69, 9.17) is 4.74 Å². The second-order valence-corrected chi connectivity index (χ2v) is 9.21. The zero-order chi connectivity index (χ0) is 23.4. The number of carbonyl (C=O) groups excluding carboxylic acids is 2. The molecule has 33 heavy (non-hydrogen) atoms. The van der Waals surface area contributed by atoms with Crippen LogP contribution in [-0.4, -0.2) is 35.2 Å². The van der Waals surface area contributed by atoms with Crippen LogP contribution in [0.25, 0.3) is 11.1 Å². The first-order chi connectivity index (χ1) is 15.8. The Morgan fingerprint density at radius 2 is 1.76 bits per heavy atom. The van der Waals surface area contributed by atoms with Gasteiger partial charge in [0, 0.05) is 31.0 Å². The fraction of sp³-hybridized carbons (Fsp3) is 0.296. The maximum absolute atomic E-state index is 13.7. The Morgan fingerprint density at radius 3 is 2.45 bits per heavy atom. The van der Waals surface area contributed by atoms with Gasteiger partial charge in [0.05, 0.1) is 0 Å². The van der Waals surface area contributed by atoms with Gasteiger partial charge in [-0.25, -0.2) is 4.79 Å². The molecule has 0 saturated carbocycles. The van der Waals surface area contributed by atoms with Crippen molar-refractivity contribution >= 4 is 17.7 Å². The van der Waals surface area contributed by atoms with E-state index in [9.17, 15) is 9.59 Å². The van der Waals surface area contributed by atoms with Crippen LogP contribution in [0.4, 0.5) is 10.5 Å². The van der Waals surface area contributed by atoms with E-state index in [-0.39, 0.29) is 5.91 Å². The molecule has 1 aromatic heterocycles. The Morgan fingerprint density at radius 1 is 1.03 bits per heavy atom. The van der Waals surface area contributed by atoms with Gasteiger partial charge >= 0.3 is 6.09 Å². The van der Waals surface area contributed by atoms with Crippen molar-refractivity contribution in [3.8, 4) is 11.1 Å². The average Bonchev–Trinajstić information content (AvgIpc) is 3.21. The number of nitrogens with zero attached hydrogens (tertiary/aromatic N) is 2. The Bertz CT molecular complexity index is 1120. The first-order valence-corrected chi connectivity index (χ1v) is 11.2. The number of pyridine rings is 1. The lowest BCUT2D eigenvalue weighted by molar-refractivity contribution is -0.120. The van der Waals surface area contributed by atoms with Gasteiger partial charge < -0.3 is 15.0 Å². The fourth-order valence-corrected chi connectivity index (χ4v) is 4.02. The predicted molar refractivity (Wildman–Crippen MR) is 129 cm³/mol. The first-order valence-electron chi connectivity index (χ1n) is 11.2. The number of aromatic nitrogens is 1. The lowest BCUT2D eigenvalue weighted by Crippen LogP contribution is -2.50. The number of rotatable bonds is 5. The Labute approximate surface area is 194 Å². The molecule has 2 heterocycles. The molecule has 3 aromatic rings. The van der Waals surface area contributed by atoms with E-state index in [2.05, 4.69) is 22.4 Å². The third kappa shape index (κ3) is 5.58. The number of hydrogen-bond acceptors (Lipinski definition) is 4. The number of carbonyl (C=O) groups is 2. The van der Waals surface area contributed by atoms with E-state index in [1.807, 2.05) is 48.5 Å². The van der Waals surface area contributed by atoms with E-state index in [1.54, 1.807) is 38.1 Å². The lowest BCUT2D eigenvalue weighted by atomic mass is 10.0. The summed E-state index contributed by atoms with van der Waals surface area (Å²) >= 11 is 0. The van der Waals surface area contributed by atoms with E-state index >= 15 is 0 Å². The molecular formula is C27H29N3O3. The van der Waals surface area contributed by atoms with Crippen LogP contribution in [0.2, 0.25) is 0 Å². The summed E-state index contributed by atoms with van der Waals surface area (Å²) in [5.74, 6) is -0.143. The zero-order valence-electron chi connectivity index (χ0n) is 19.2. The highest BCUT2D eigenvalue weighted by molar-refractivity contribution is 6.01. The molecule has 0 bridgehead atoms. The van der Waals surface area contributed by atoms with Crippen LogP contribution in [0.3, 0.4) is 0 Å². The maximum atomic E-state index is 13.7. The topological polar surface area (TPSA) is 71.5 Å². The lowest BCUT2D eigenvalue weighted by Gasteiger charge is -2.27. The van der Waals surface area contributed by atoms with Crippen molar-refractivity contribution in [2.75, 3.05) is 11.4 Å². The average molecular weight is 444 g/mol. The molecule has 0 radical (unpaired) electrons. The van der Waals surface area contributed by atoms with Crippen LogP contribution in [-0.2, 0) is 22.4 Å². The third-order valence-electron chi connectivity index (χ3n) is 5.53. The number of amides is 2. The van der Waals surface area contributed by atoms with E-state index in [0.717, 1.165) is 34.4 Å². The minimum atomic E-state index is -0.738. The molecule has 2 amide bonds. The molecule has 6 nitrogen and oxygen atoms in total. The molecule has 0 unspecified atom stereocenters.